The fraction of sp³-hybridized carbons (Fsp3) is 0.333. The molecule has 1 nitrogen and oxygen atoms in total. The summed E-state index contributed by atoms with van der Waals surface area (Å²) < 4.78 is 0. The minimum absolute atomic E-state index is 0.466. The summed E-state index contributed by atoms with van der Waals surface area (Å²) >= 11 is 5.81. The molecule has 0 aliphatic heterocycles. The van der Waals surface area contributed by atoms with E-state index in [-0.39, 0.29) is 0 Å². The summed E-state index contributed by atoms with van der Waals surface area (Å²) in [4.78, 5) is 0. The first-order chi connectivity index (χ1) is 6.76. The van der Waals surface area contributed by atoms with E-state index in [1.165, 1.54) is 5.56 Å². The van der Waals surface area contributed by atoms with Crippen LogP contribution in [0.2, 0.25) is 5.02 Å². The van der Waals surface area contributed by atoms with Crippen molar-refractivity contribution in [2.24, 2.45) is 0 Å². The zero-order valence-electron chi connectivity index (χ0n) is 8.46. The van der Waals surface area contributed by atoms with Crippen molar-refractivity contribution in [2.75, 3.05) is 7.05 Å². The maximum atomic E-state index is 5.81. The van der Waals surface area contributed by atoms with E-state index in [1.807, 2.05) is 25.3 Å². The molecule has 76 valence electrons. The number of nitrogens with one attached hydrogen (secondary N) is 1. The van der Waals surface area contributed by atoms with Gasteiger partial charge in [0.25, 0.3) is 0 Å². The molecule has 0 aromatic heterocycles. The van der Waals surface area contributed by atoms with Gasteiger partial charge in [-0.15, -0.1) is 6.58 Å². The van der Waals surface area contributed by atoms with Gasteiger partial charge in [-0.1, -0.05) is 29.8 Å². The molecule has 0 spiro atoms. The van der Waals surface area contributed by atoms with Gasteiger partial charge in [0, 0.05) is 11.1 Å². The average Bonchev–Trinajstić information content (AvgIpc) is 2.20. The lowest BCUT2D eigenvalue weighted by Gasteiger charge is -2.13. The van der Waals surface area contributed by atoms with Gasteiger partial charge in [-0.2, -0.15) is 0 Å². The molecular weight excluding hydrogens is 194 g/mol. The SMILES string of the molecule is C=CCC(Cc1ccc(Cl)cc1)NC. The van der Waals surface area contributed by atoms with Crippen molar-refractivity contribution >= 4 is 11.6 Å². The summed E-state index contributed by atoms with van der Waals surface area (Å²) in [6.45, 7) is 3.74. The van der Waals surface area contributed by atoms with Crippen LogP contribution in [0.1, 0.15) is 12.0 Å². The molecule has 1 N–H and O–H groups in total. The van der Waals surface area contributed by atoms with Crippen molar-refractivity contribution < 1.29 is 0 Å². The summed E-state index contributed by atoms with van der Waals surface area (Å²) in [7, 11) is 1.98. The first-order valence-corrected chi connectivity index (χ1v) is 5.16. The van der Waals surface area contributed by atoms with Gasteiger partial charge in [-0.05, 0) is 37.6 Å². The van der Waals surface area contributed by atoms with E-state index in [2.05, 4.69) is 24.0 Å². The summed E-state index contributed by atoms with van der Waals surface area (Å²) in [6, 6.07) is 8.45. The first kappa shape index (κ1) is 11.3. The third kappa shape index (κ3) is 3.52. The molecule has 1 aromatic rings. The Morgan fingerprint density at radius 1 is 1.43 bits per heavy atom. The van der Waals surface area contributed by atoms with Gasteiger partial charge in [0.1, 0.15) is 0 Å². The molecule has 0 radical (unpaired) electrons. The van der Waals surface area contributed by atoms with Gasteiger partial charge >= 0.3 is 0 Å². The van der Waals surface area contributed by atoms with Crippen molar-refractivity contribution in [3.63, 3.8) is 0 Å². The third-order valence-corrected chi connectivity index (χ3v) is 2.51. The van der Waals surface area contributed by atoms with Crippen LogP contribution < -0.4 is 5.32 Å². The highest BCUT2D eigenvalue weighted by atomic mass is 35.5. The first-order valence-electron chi connectivity index (χ1n) is 4.79. The molecule has 0 amide bonds. The Kier molecular flexibility index (Phi) is 4.71. The molecule has 0 aliphatic rings. The second kappa shape index (κ2) is 5.84. The highest BCUT2D eigenvalue weighted by Gasteiger charge is 2.04. The monoisotopic (exact) mass is 209 g/mol. The van der Waals surface area contributed by atoms with Gasteiger partial charge in [-0.3, -0.25) is 0 Å². The van der Waals surface area contributed by atoms with Crippen LogP contribution >= 0.6 is 11.6 Å². The second-order valence-electron chi connectivity index (χ2n) is 3.34. The Morgan fingerprint density at radius 2 is 2.07 bits per heavy atom. The van der Waals surface area contributed by atoms with E-state index in [1.54, 1.807) is 0 Å². The molecule has 1 unspecified atom stereocenters. The largest absolute Gasteiger partial charge is 0.316 e. The summed E-state index contributed by atoms with van der Waals surface area (Å²) in [6.07, 6.45) is 3.94. The Balaban J connectivity index is 2.57. The molecule has 1 aromatic carbocycles. The zero-order chi connectivity index (χ0) is 10.4. The lowest BCUT2D eigenvalue weighted by molar-refractivity contribution is 0.566. The Hall–Kier alpha value is -0.790. The Morgan fingerprint density at radius 3 is 2.57 bits per heavy atom. The van der Waals surface area contributed by atoms with E-state index in [9.17, 15) is 0 Å². The minimum Gasteiger partial charge on any atom is -0.316 e. The lowest BCUT2D eigenvalue weighted by Crippen LogP contribution is -2.26. The molecule has 2 heteroatoms. The van der Waals surface area contributed by atoms with Crippen LogP contribution in [0, 0.1) is 0 Å². The second-order valence-corrected chi connectivity index (χ2v) is 3.78. The van der Waals surface area contributed by atoms with Crippen LogP contribution in [0.5, 0.6) is 0 Å². The standard InChI is InChI=1S/C12H16ClN/c1-3-4-12(14-2)9-10-5-7-11(13)8-6-10/h3,5-8,12,14H,1,4,9H2,2H3. The van der Waals surface area contributed by atoms with Crippen LogP contribution in [-0.2, 0) is 6.42 Å². The van der Waals surface area contributed by atoms with Gasteiger partial charge in [0.15, 0.2) is 0 Å². The van der Waals surface area contributed by atoms with Crippen molar-refractivity contribution in [1.29, 1.82) is 0 Å². The number of halogens is 1. The normalized spacial score (nSPS) is 12.4. The zero-order valence-corrected chi connectivity index (χ0v) is 9.22. The van der Waals surface area contributed by atoms with Crippen molar-refractivity contribution in [3.8, 4) is 0 Å². The molecule has 0 aliphatic carbocycles. The predicted octanol–water partition coefficient (Wildman–Crippen LogP) is 3.05. The molecule has 14 heavy (non-hydrogen) atoms. The van der Waals surface area contributed by atoms with Crippen LogP contribution in [0.4, 0.5) is 0 Å². The van der Waals surface area contributed by atoms with E-state index in [4.69, 9.17) is 11.6 Å². The Labute approximate surface area is 90.8 Å². The Bertz CT molecular complexity index is 279. The summed E-state index contributed by atoms with van der Waals surface area (Å²) in [5, 5.41) is 4.05. The third-order valence-electron chi connectivity index (χ3n) is 2.25. The van der Waals surface area contributed by atoms with Gasteiger partial charge in [0.05, 0.1) is 0 Å². The van der Waals surface area contributed by atoms with Gasteiger partial charge in [0.2, 0.25) is 0 Å². The van der Waals surface area contributed by atoms with E-state index in [0.29, 0.717) is 6.04 Å². The van der Waals surface area contributed by atoms with E-state index < -0.39 is 0 Å². The van der Waals surface area contributed by atoms with E-state index >= 15 is 0 Å². The molecular formula is C12H16ClN. The number of likely N-dealkylation sites (N-methyl/N-ethyl adjacent to an activating group) is 1. The van der Waals surface area contributed by atoms with Crippen molar-refractivity contribution in [3.05, 3.63) is 47.5 Å². The van der Waals surface area contributed by atoms with E-state index in [0.717, 1.165) is 17.9 Å². The molecule has 0 saturated heterocycles. The van der Waals surface area contributed by atoms with Crippen LogP contribution in [0.3, 0.4) is 0 Å². The number of hydrogen-bond donors (Lipinski definition) is 1. The fourth-order valence-electron chi connectivity index (χ4n) is 1.41. The number of benzene rings is 1. The lowest BCUT2D eigenvalue weighted by atomic mass is 10.0. The summed E-state index contributed by atoms with van der Waals surface area (Å²) in [5.74, 6) is 0. The quantitative estimate of drug-likeness (QED) is 0.736. The number of hydrogen-bond acceptors (Lipinski definition) is 1. The number of rotatable bonds is 5. The predicted molar refractivity (Wildman–Crippen MR) is 62.8 cm³/mol. The molecule has 0 saturated carbocycles. The van der Waals surface area contributed by atoms with Crippen LogP contribution in [0.25, 0.3) is 0 Å². The summed E-state index contributed by atoms with van der Waals surface area (Å²) in [5.41, 5.74) is 1.30. The van der Waals surface area contributed by atoms with Crippen LogP contribution in [-0.4, -0.2) is 13.1 Å². The maximum Gasteiger partial charge on any atom is 0.0406 e. The highest BCUT2D eigenvalue weighted by Crippen LogP contribution is 2.11. The fourth-order valence-corrected chi connectivity index (χ4v) is 1.54. The molecule has 0 fully saturated rings. The minimum atomic E-state index is 0.466. The molecule has 0 bridgehead atoms. The highest BCUT2D eigenvalue weighted by molar-refractivity contribution is 6.30. The average molecular weight is 210 g/mol. The van der Waals surface area contributed by atoms with Crippen LogP contribution in [0.15, 0.2) is 36.9 Å². The maximum absolute atomic E-state index is 5.81. The molecule has 1 rings (SSSR count). The topological polar surface area (TPSA) is 12.0 Å². The smallest absolute Gasteiger partial charge is 0.0406 e. The van der Waals surface area contributed by atoms with Gasteiger partial charge in [-0.25, -0.2) is 0 Å². The molecule has 1 atom stereocenters. The van der Waals surface area contributed by atoms with Gasteiger partial charge < -0.3 is 5.32 Å². The van der Waals surface area contributed by atoms with Crippen molar-refractivity contribution in [1.82, 2.24) is 5.32 Å². The molecule has 0 heterocycles. The van der Waals surface area contributed by atoms with Crippen molar-refractivity contribution in [2.45, 2.75) is 18.9 Å².